The number of hydrogen-bond acceptors (Lipinski definition) is 8. The number of rotatable bonds is 4. The molecule has 0 saturated carbocycles. The Balaban J connectivity index is 2.51. The summed E-state index contributed by atoms with van der Waals surface area (Å²) in [5, 5.41) is 12.3. The van der Waals surface area contributed by atoms with Crippen LogP contribution in [0.1, 0.15) is 40.8 Å². The van der Waals surface area contributed by atoms with Crippen molar-refractivity contribution in [1.82, 2.24) is 14.9 Å². The first-order valence-corrected chi connectivity index (χ1v) is 8.63. The van der Waals surface area contributed by atoms with Crippen LogP contribution in [0.5, 0.6) is 0 Å². The molecular formula is C17H25N3O8. The van der Waals surface area contributed by atoms with E-state index in [9.17, 15) is 24.3 Å². The van der Waals surface area contributed by atoms with Gasteiger partial charge in [0.25, 0.3) is 5.56 Å². The highest BCUT2D eigenvalue weighted by atomic mass is 16.6. The lowest BCUT2D eigenvalue weighted by molar-refractivity contribution is -0.152. The van der Waals surface area contributed by atoms with Crippen LogP contribution in [0, 0.1) is 0 Å². The average molecular weight is 399 g/mol. The van der Waals surface area contributed by atoms with Crippen molar-refractivity contribution in [2.45, 2.75) is 64.2 Å². The Morgan fingerprint density at radius 2 is 2.04 bits per heavy atom. The van der Waals surface area contributed by atoms with Gasteiger partial charge in [0, 0.05) is 19.2 Å². The number of carbonyl (C=O) groups excluding carboxylic acids is 2. The lowest BCUT2D eigenvalue weighted by Crippen LogP contribution is -2.60. The van der Waals surface area contributed by atoms with E-state index in [1.165, 1.54) is 20.0 Å². The van der Waals surface area contributed by atoms with Crippen LogP contribution in [0.2, 0.25) is 0 Å². The fraction of sp³-hybridized carbons (Fsp3) is 0.647. The molecule has 0 unspecified atom stereocenters. The third kappa shape index (κ3) is 4.60. The van der Waals surface area contributed by atoms with Gasteiger partial charge in [-0.2, -0.15) is 0 Å². The third-order valence-corrected chi connectivity index (χ3v) is 4.09. The van der Waals surface area contributed by atoms with Crippen molar-refractivity contribution in [3.8, 4) is 0 Å². The molecule has 1 aliphatic heterocycles. The molecule has 11 heteroatoms. The second-order valence-corrected chi connectivity index (χ2v) is 7.67. The molecule has 0 bridgehead atoms. The van der Waals surface area contributed by atoms with Gasteiger partial charge in [0.2, 0.25) is 0 Å². The first-order chi connectivity index (χ1) is 12.9. The van der Waals surface area contributed by atoms with Crippen molar-refractivity contribution in [2.24, 2.45) is 0 Å². The van der Waals surface area contributed by atoms with Gasteiger partial charge in [0.15, 0.2) is 12.3 Å². The van der Waals surface area contributed by atoms with E-state index in [4.69, 9.17) is 14.2 Å². The predicted molar refractivity (Wildman–Crippen MR) is 95.6 cm³/mol. The lowest BCUT2D eigenvalue weighted by Gasteiger charge is -2.36. The summed E-state index contributed by atoms with van der Waals surface area (Å²) in [4.78, 5) is 49.8. The smallest absolute Gasteiger partial charge is 0.408 e. The largest absolute Gasteiger partial charge is 0.457 e. The van der Waals surface area contributed by atoms with Crippen molar-refractivity contribution >= 4 is 12.1 Å². The number of amides is 1. The van der Waals surface area contributed by atoms with Gasteiger partial charge in [-0.15, -0.1) is 0 Å². The van der Waals surface area contributed by atoms with Crippen LogP contribution in [0.4, 0.5) is 4.79 Å². The number of esters is 1. The molecule has 1 aromatic rings. The minimum Gasteiger partial charge on any atom is -0.457 e. The summed E-state index contributed by atoms with van der Waals surface area (Å²) in [6.45, 7) is 7.13. The standard InChI is InChI=1S/C17H25N3O8/c1-9(22)26-12-10(8-21)27-13(20-7-6-11(23)18-14(20)24)17(12,5)19-15(25)28-16(2,3)4/h6-7,10,12-13,21H,8H2,1-5H3,(H,19,25)(H,18,23,24)/t10-,12-,13-,17-/m1/s1. The Hall–Kier alpha value is -2.66. The molecule has 0 radical (unpaired) electrons. The molecule has 1 fully saturated rings. The number of aromatic nitrogens is 2. The van der Waals surface area contributed by atoms with E-state index in [-0.39, 0.29) is 0 Å². The number of ether oxygens (including phenoxy) is 3. The van der Waals surface area contributed by atoms with Gasteiger partial charge in [-0.1, -0.05) is 0 Å². The lowest BCUT2D eigenvalue weighted by atomic mass is 9.91. The van der Waals surface area contributed by atoms with Crippen LogP contribution < -0.4 is 16.6 Å². The highest BCUT2D eigenvalue weighted by Gasteiger charge is 2.58. The van der Waals surface area contributed by atoms with Crippen molar-refractivity contribution in [3.63, 3.8) is 0 Å². The zero-order valence-electron chi connectivity index (χ0n) is 16.3. The van der Waals surface area contributed by atoms with Crippen LogP contribution in [0.15, 0.2) is 21.9 Å². The highest BCUT2D eigenvalue weighted by molar-refractivity contribution is 5.70. The van der Waals surface area contributed by atoms with Crippen molar-refractivity contribution in [1.29, 1.82) is 0 Å². The number of nitrogens with one attached hydrogen (secondary N) is 2. The molecule has 1 aliphatic rings. The number of nitrogens with zero attached hydrogens (tertiary/aromatic N) is 1. The second-order valence-electron chi connectivity index (χ2n) is 7.67. The molecule has 1 amide bonds. The SMILES string of the molecule is CC(=O)O[C@@H]1[C@@H](CO)O[C@@H](n2ccc(=O)[nH]c2=O)[C@]1(C)NC(=O)OC(C)(C)C. The Morgan fingerprint density at radius 1 is 1.39 bits per heavy atom. The minimum absolute atomic E-state index is 0.544. The van der Waals surface area contributed by atoms with Gasteiger partial charge in [0.1, 0.15) is 17.2 Å². The zero-order valence-corrected chi connectivity index (χ0v) is 16.3. The molecule has 2 rings (SSSR count). The number of carbonyl (C=O) groups is 2. The Kier molecular flexibility index (Phi) is 6.00. The van der Waals surface area contributed by atoms with E-state index in [1.807, 2.05) is 0 Å². The van der Waals surface area contributed by atoms with Crippen molar-refractivity contribution < 1.29 is 28.9 Å². The summed E-state index contributed by atoms with van der Waals surface area (Å²) in [7, 11) is 0. The maximum absolute atomic E-state index is 12.4. The molecule has 1 saturated heterocycles. The fourth-order valence-electron chi connectivity index (χ4n) is 3.04. The summed E-state index contributed by atoms with van der Waals surface area (Å²) in [6, 6.07) is 1.10. The topological polar surface area (TPSA) is 149 Å². The number of aliphatic hydroxyl groups is 1. The Labute approximate surface area is 160 Å². The van der Waals surface area contributed by atoms with Crippen LogP contribution in [0.3, 0.4) is 0 Å². The van der Waals surface area contributed by atoms with Crippen LogP contribution in [-0.2, 0) is 19.0 Å². The molecule has 28 heavy (non-hydrogen) atoms. The maximum Gasteiger partial charge on any atom is 0.408 e. The van der Waals surface area contributed by atoms with Gasteiger partial charge < -0.3 is 24.6 Å². The van der Waals surface area contributed by atoms with Gasteiger partial charge in [-0.3, -0.25) is 19.1 Å². The van der Waals surface area contributed by atoms with Crippen molar-refractivity contribution in [2.75, 3.05) is 6.61 Å². The Morgan fingerprint density at radius 3 is 2.54 bits per heavy atom. The molecule has 3 N–H and O–H groups in total. The molecule has 11 nitrogen and oxygen atoms in total. The first-order valence-electron chi connectivity index (χ1n) is 8.63. The molecule has 156 valence electrons. The number of hydrogen-bond donors (Lipinski definition) is 3. The number of aliphatic hydroxyl groups excluding tert-OH is 1. The normalized spacial score (nSPS) is 27.3. The molecule has 0 aromatic carbocycles. The monoisotopic (exact) mass is 399 g/mol. The van der Waals surface area contributed by atoms with Gasteiger partial charge >= 0.3 is 17.8 Å². The summed E-state index contributed by atoms with van der Waals surface area (Å²) in [6.07, 6.45) is -3.02. The summed E-state index contributed by atoms with van der Waals surface area (Å²) >= 11 is 0. The fourth-order valence-corrected chi connectivity index (χ4v) is 3.04. The molecule has 1 aromatic heterocycles. The predicted octanol–water partition coefficient (Wildman–Crippen LogP) is -0.359. The summed E-state index contributed by atoms with van der Waals surface area (Å²) < 4.78 is 17.3. The Bertz CT molecular complexity index is 855. The van der Waals surface area contributed by atoms with Crippen molar-refractivity contribution in [3.05, 3.63) is 33.1 Å². The highest BCUT2D eigenvalue weighted by Crippen LogP contribution is 2.39. The van der Waals surface area contributed by atoms with Gasteiger partial charge in [-0.05, 0) is 27.7 Å². The molecular weight excluding hydrogens is 374 g/mol. The average Bonchev–Trinajstić information content (AvgIpc) is 2.77. The van der Waals surface area contributed by atoms with Gasteiger partial charge in [0.05, 0.1) is 6.61 Å². The zero-order chi connectivity index (χ0) is 21.3. The number of H-pyrrole nitrogens is 1. The first kappa shape index (κ1) is 21.6. The van der Waals surface area contributed by atoms with Crippen LogP contribution in [-0.4, -0.2) is 56.7 Å². The third-order valence-electron chi connectivity index (χ3n) is 4.09. The minimum atomic E-state index is -1.50. The van der Waals surface area contributed by atoms with Crippen LogP contribution in [0.25, 0.3) is 0 Å². The molecule has 0 spiro atoms. The quantitative estimate of drug-likeness (QED) is 0.581. The van der Waals surface area contributed by atoms with E-state index in [0.29, 0.717) is 0 Å². The molecule has 4 atom stereocenters. The van der Waals surface area contributed by atoms with E-state index in [1.54, 1.807) is 20.8 Å². The summed E-state index contributed by atoms with van der Waals surface area (Å²) in [5.74, 6) is -0.668. The number of alkyl carbamates (subject to hydrolysis) is 1. The van der Waals surface area contributed by atoms with E-state index in [2.05, 4.69) is 10.3 Å². The second kappa shape index (κ2) is 7.76. The summed E-state index contributed by atoms with van der Waals surface area (Å²) in [5.41, 5.74) is -3.72. The van der Waals surface area contributed by atoms with E-state index < -0.39 is 59.5 Å². The molecule has 0 aliphatic carbocycles. The van der Waals surface area contributed by atoms with E-state index >= 15 is 0 Å². The maximum atomic E-state index is 12.4. The molecule has 2 heterocycles. The van der Waals surface area contributed by atoms with Gasteiger partial charge in [-0.25, -0.2) is 9.59 Å². The van der Waals surface area contributed by atoms with E-state index in [0.717, 1.165) is 10.6 Å². The van der Waals surface area contributed by atoms with Crippen LogP contribution >= 0.6 is 0 Å². The number of aromatic amines is 1.